The van der Waals surface area contributed by atoms with Gasteiger partial charge in [-0.25, -0.2) is 18.2 Å². The number of sulfonamides is 1. The molecule has 178 valence electrons. The van der Waals surface area contributed by atoms with E-state index in [1.54, 1.807) is 12.1 Å². The monoisotopic (exact) mass is 488 g/mol. The van der Waals surface area contributed by atoms with Gasteiger partial charge in [0.1, 0.15) is 5.65 Å². The minimum atomic E-state index is -3.66. The lowest BCUT2D eigenvalue weighted by molar-refractivity contribution is 0.180. The Morgan fingerprint density at radius 3 is 2.40 bits per heavy atom. The molecule has 0 saturated carbocycles. The zero-order valence-corrected chi connectivity index (χ0v) is 19.7. The maximum Gasteiger partial charge on any atom is 0.323 e. The molecule has 0 atom stereocenters. The summed E-state index contributed by atoms with van der Waals surface area (Å²) in [6, 6.07) is 20.8. The highest BCUT2D eigenvalue weighted by Gasteiger charge is 2.29. The van der Waals surface area contributed by atoms with Crippen LogP contribution in [-0.2, 0) is 16.6 Å². The van der Waals surface area contributed by atoms with Crippen molar-refractivity contribution in [3.63, 3.8) is 0 Å². The average molecular weight is 489 g/mol. The van der Waals surface area contributed by atoms with Crippen LogP contribution in [0.1, 0.15) is 5.69 Å². The number of hydrogen-bond acceptors (Lipinski definition) is 5. The normalized spacial score (nSPS) is 15.8. The fourth-order valence-electron chi connectivity index (χ4n) is 4.69. The number of aromatic amines is 2. The number of rotatable bonds is 5. The number of pyridine rings is 1. The number of nitrogens with zero attached hydrogens (tertiary/aromatic N) is 4. The van der Waals surface area contributed by atoms with Crippen LogP contribution in [0.5, 0.6) is 0 Å². The molecule has 5 aromatic rings. The van der Waals surface area contributed by atoms with Crippen molar-refractivity contribution in [1.29, 1.82) is 0 Å². The van der Waals surface area contributed by atoms with Crippen LogP contribution in [0.25, 0.3) is 27.9 Å². The standard InChI is InChI=1S/C25H24N6O3S/c32-25-26-20-10-9-19(16-21(20)27-25)35(33,34)30-14-12-29(13-15-30)17-22-24(18-6-2-1-3-7-18)28-23-8-4-5-11-31(22)23/h1-11,16H,12-15,17H2,(H2,26,27,32). The molecule has 1 aliphatic rings. The molecular weight excluding hydrogens is 464 g/mol. The highest BCUT2D eigenvalue weighted by molar-refractivity contribution is 7.89. The molecule has 3 aromatic heterocycles. The van der Waals surface area contributed by atoms with Crippen molar-refractivity contribution < 1.29 is 8.42 Å². The van der Waals surface area contributed by atoms with Gasteiger partial charge in [-0.1, -0.05) is 36.4 Å². The summed E-state index contributed by atoms with van der Waals surface area (Å²) in [5, 5.41) is 0. The molecule has 0 radical (unpaired) electrons. The second kappa shape index (κ2) is 8.49. The molecule has 1 fully saturated rings. The van der Waals surface area contributed by atoms with E-state index in [1.165, 1.54) is 10.4 Å². The molecule has 0 bridgehead atoms. The Morgan fingerprint density at radius 1 is 0.857 bits per heavy atom. The zero-order chi connectivity index (χ0) is 24.0. The summed E-state index contributed by atoms with van der Waals surface area (Å²) in [6.07, 6.45) is 2.02. The lowest BCUT2D eigenvalue weighted by Crippen LogP contribution is -2.48. The number of H-pyrrole nitrogens is 2. The summed E-state index contributed by atoms with van der Waals surface area (Å²) in [6.45, 7) is 2.66. The van der Waals surface area contributed by atoms with Gasteiger partial charge in [-0.05, 0) is 30.3 Å². The Balaban J connectivity index is 1.23. The van der Waals surface area contributed by atoms with E-state index < -0.39 is 10.0 Å². The Morgan fingerprint density at radius 2 is 1.60 bits per heavy atom. The van der Waals surface area contributed by atoms with Gasteiger partial charge in [-0.15, -0.1) is 0 Å². The number of aromatic nitrogens is 4. The van der Waals surface area contributed by atoms with E-state index in [1.807, 2.05) is 42.6 Å². The Hall–Kier alpha value is -3.73. The quantitative estimate of drug-likeness (QED) is 0.396. The van der Waals surface area contributed by atoms with Crippen LogP contribution in [0.4, 0.5) is 0 Å². The number of benzene rings is 2. The van der Waals surface area contributed by atoms with Crippen molar-refractivity contribution in [2.24, 2.45) is 0 Å². The molecule has 1 saturated heterocycles. The van der Waals surface area contributed by atoms with E-state index in [9.17, 15) is 13.2 Å². The van der Waals surface area contributed by atoms with Crippen LogP contribution < -0.4 is 5.69 Å². The maximum atomic E-state index is 13.3. The largest absolute Gasteiger partial charge is 0.323 e. The van der Waals surface area contributed by atoms with E-state index in [0.29, 0.717) is 43.8 Å². The smallest absolute Gasteiger partial charge is 0.306 e. The van der Waals surface area contributed by atoms with Crippen LogP contribution in [0, 0.1) is 0 Å². The van der Waals surface area contributed by atoms with Crippen LogP contribution in [-0.4, -0.2) is 63.2 Å². The van der Waals surface area contributed by atoms with Crippen molar-refractivity contribution in [3.8, 4) is 11.3 Å². The van der Waals surface area contributed by atoms with E-state index in [4.69, 9.17) is 4.98 Å². The number of imidazole rings is 2. The van der Waals surface area contributed by atoms with Gasteiger partial charge < -0.3 is 14.4 Å². The first kappa shape index (κ1) is 21.8. The lowest BCUT2D eigenvalue weighted by atomic mass is 10.1. The van der Waals surface area contributed by atoms with Crippen molar-refractivity contribution in [2.45, 2.75) is 11.4 Å². The average Bonchev–Trinajstić information content (AvgIpc) is 3.44. The van der Waals surface area contributed by atoms with Crippen molar-refractivity contribution in [2.75, 3.05) is 26.2 Å². The summed E-state index contributed by atoms with van der Waals surface area (Å²) >= 11 is 0. The predicted octanol–water partition coefficient (Wildman–Crippen LogP) is 2.68. The molecule has 2 aromatic carbocycles. The van der Waals surface area contributed by atoms with E-state index >= 15 is 0 Å². The van der Waals surface area contributed by atoms with Crippen molar-refractivity contribution in [3.05, 3.63) is 89.1 Å². The van der Waals surface area contributed by atoms with E-state index in [0.717, 1.165) is 22.6 Å². The fourth-order valence-corrected chi connectivity index (χ4v) is 6.13. The Bertz CT molecular complexity index is 1680. The van der Waals surface area contributed by atoms with Gasteiger partial charge in [0.05, 0.1) is 27.3 Å². The molecule has 9 nitrogen and oxygen atoms in total. The summed E-state index contributed by atoms with van der Waals surface area (Å²) in [4.78, 5) is 24.1. The molecule has 4 heterocycles. The second-order valence-electron chi connectivity index (χ2n) is 8.67. The molecule has 0 amide bonds. The number of fused-ring (bicyclic) bond motifs is 2. The minimum absolute atomic E-state index is 0.182. The summed E-state index contributed by atoms with van der Waals surface area (Å²) in [5.74, 6) is 0. The van der Waals surface area contributed by atoms with Gasteiger partial charge in [-0.3, -0.25) is 4.90 Å². The van der Waals surface area contributed by atoms with Gasteiger partial charge in [-0.2, -0.15) is 4.31 Å². The molecular formula is C25H24N6O3S. The van der Waals surface area contributed by atoms with Gasteiger partial charge in [0.15, 0.2) is 0 Å². The first-order valence-electron chi connectivity index (χ1n) is 11.4. The van der Waals surface area contributed by atoms with Gasteiger partial charge >= 0.3 is 5.69 Å². The molecule has 2 N–H and O–H groups in total. The molecule has 0 spiro atoms. The number of hydrogen-bond donors (Lipinski definition) is 2. The van der Waals surface area contributed by atoms with E-state index in [-0.39, 0.29) is 10.6 Å². The van der Waals surface area contributed by atoms with Gasteiger partial charge in [0.25, 0.3) is 0 Å². The molecule has 1 aliphatic heterocycles. The van der Waals surface area contributed by atoms with Crippen molar-refractivity contribution >= 4 is 26.7 Å². The van der Waals surface area contributed by atoms with Crippen LogP contribution in [0.2, 0.25) is 0 Å². The second-order valence-corrected chi connectivity index (χ2v) is 10.6. The third kappa shape index (κ3) is 3.95. The van der Waals surface area contributed by atoms with Crippen molar-refractivity contribution in [1.82, 2.24) is 28.6 Å². The first-order chi connectivity index (χ1) is 17.0. The van der Waals surface area contributed by atoms with Gasteiger partial charge in [0.2, 0.25) is 10.0 Å². The van der Waals surface area contributed by atoms with Gasteiger partial charge in [0, 0.05) is 44.5 Å². The molecule has 35 heavy (non-hydrogen) atoms. The Kier molecular flexibility index (Phi) is 5.28. The minimum Gasteiger partial charge on any atom is -0.306 e. The zero-order valence-electron chi connectivity index (χ0n) is 18.9. The van der Waals surface area contributed by atoms with Crippen LogP contribution >= 0.6 is 0 Å². The first-order valence-corrected chi connectivity index (χ1v) is 12.9. The topological polar surface area (TPSA) is 107 Å². The lowest BCUT2D eigenvalue weighted by Gasteiger charge is -2.34. The summed E-state index contributed by atoms with van der Waals surface area (Å²) in [7, 11) is -3.66. The maximum absolute atomic E-state index is 13.3. The summed E-state index contributed by atoms with van der Waals surface area (Å²) < 4.78 is 30.2. The molecule has 0 aliphatic carbocycles. The van der Waals surface area contributed by atoms with E-state index in [2.05, 4.69) is 31.4 Å². The molecule has 10 heteroatoms. The van der Waals surface area contributed by atoms with Crippen LogP contribution in [0.3, 0.4) is 0 Å². The molecule has 6 rings (SSSR count). The van der Waals surface area contributed by atoms with Crippen LogP contribution in [0.15, 0.2) is 82.6 Å². The third-order valence-electron chi connectivity index (χ3n) is 6.51. The SMILES string of the molecule is O=c1[nH]c2ccc(S(=O)(=O)N3CCN(Cc4c(-c5ccccc5)nc5ccccn45)CC3)cc2[nH]1. The fraction of sp³-hybridized carbons (Fsp3) is 0.200. The summed E-state index contributed by atoms with van der Waals surface area (Å²) in [5.41, 5.74) is 4.69. The number of nitrogens with one attached hydrogen (secondary N) is 2. The highest BCUT2D eigenvalue weighted by atomic mass is 32.2. The highest BCUT2D eigenvalue weighted by Crippen LogP contribution is 2.27. The molecule has 0 unspecified atom stereocenters. The Labute approximate surface area is 201 Å². The third-order valence-corrected chi connectivity index (χ3v) is 8.40. The predicted molar refractivity (Wildman–Crippen MR) is 134 cm³/mol. The number of piperazine rings is 1.